The van der Waals surface area contributed by atoms with Crippen molar-refractivity contribution in [2.45, 2.75) is 51.7 Å². The number of likely N-dealkylation sites (N-methyl/N-ethyl adjacent to an activating group) is 1. The number of nitrogens with zero attached hydrogens (tertiary/aromatic N) is 1. The van der Waals surface area contributed by atoms with Gasteiger partial charge in [0, 0.05) is 12.6 Å². The molecular weight excluding hydrogens is 216 g/mol. The third-order valence-electron chi connectivity index (χ3n) is 2.99. The molecule has 0 aliphatic carbocycles. The van der Waals surface area contributed by atoms with Gasteiger partial charge in [-0.2, -0.15) is 0 Å². The summed E-state index contributed by atoms with van der Waals surface area (Å²) in [5, 5.41) is 3.19. The van der Waals surface area contributed by atoms with Crippen LogP contribution >= 0.6 is 0 Å². The van der Waals surface area contributed by atoms with Crippen LogP contribution < -0.4 is 5.32 Å². The SMILES string of the molecule is CN1CCCCC1CNCC(=O)OC(C)(C)C. The van der Waals surface area contributed by atoms with Crippen molar-refractivity contribution >= 4 is 5.97 Å². The van der Waals surface area contributed by atoms with Crippen LogP contribution in [0.3, 0.4) is 0 Å². The Morgan fingerprint density at radius 1 is 1.41 bits per heavy atom. The minimum Gasteiger partial charge on any atom is -0.459 e. The van der Waals surface area contributed by atoms with E-state index in [1.165, 1.54) is 25.8 Å². The normalized spacial score (nSPS) is 22.5. The van der Waals surface area contributed by atoms with E-state index in [9.17, 15) is 4.79 Å². The second kappa shape index (κ2) is 6.36. The van der Waals surface area contributed by atoms with E-state index >= 15 is 0 Å². The molecule has 0 aromatic carbocycles. The van der Waals surface area contributed by atoms with Crippen LogP contribution in [0.2, 0.25) is 0 Å². The van der Waals surface area contributed by atoms with Crippen LogP contribution in [-0.4, -0.2) is 49.2 Å². The van der Waals surface area contributed by atoms with Crippen molar-refractivity contribution in [3.63, 3.8) is 0 Å². The van der Waals surface area contributed by atoms with Gasteiger partial charge in [-0.25, -0.2) is 0 Å². The molecular formula is C13H26N2O2. The number of hydrogen-bond donors (Lipinski definition) is 1. The van der Waals surface area contributed by atoms with Crippen LogP contribution in [0.25, 0.3) is 0 Å². The molecule has 1 fully saturated rings. The van der Waals surface area contributed by atoms with Crippen molar-refractivity contribution in [1.82, 2.24) is 10.2 Å². The number of likely N-dealkylation sites (tertiary alicyclic amines) is 1. The van der Waals surface area contributed by atoms with Crippen molar-refractivity contribution in [3.05, 3.63) is 0 Å². The average molecular weight is 242 g/mol. The van der Waals surface area contributed by atoms with Gasteiger partial charge in [-0.15, -0.1) is 0 Å². The lowest BCUT2D eigenvalue weighted by atomic mass is 10.0. The number of piperidine rings is 1. The first-order valence-corrected chi connectivity index (χ1v) is 6.51. The monoisotopic (exact) mass is 242 g/mol. The van der Waals surface area contributed by atoms with Crippen LogP contribution in [0.4, 0.5) is 0 Å². The van der Waals surface area contributed by atoms with Gasteiger partial charge in [-0.1, -0.05) is 6.42 Å². The zero-order valence-corrected chi connectivity index (χ0v) is 11.6. The first-order valence-electron chi connectivity index (χ1n) is 6.51. The molecule has 1 unspecified atom stereocenters. The summed E-state index contributed by atoms with van der Waals surface area (Å²) in [6, 6.07) is 0.561. The quantitative estimate of drug-likeness (QED) is 0.757. The number of ether oxygens (including phenoxy) is 1. The van der Waals surface area contributed by atoms with Crippen LogP contribution in [0.15, 0.2) is 0 Å². The van der Waals surface area contributed by atoms with Crippen molar-refractivity contribution in [3.8, 4) is 0 Å². The largest absolute Gasteiger partial charge is 0.459 e. The van der Waals surface area contributed by atoms with Gasteiger partial charge in [-0.05, 0) is 47.2 Å². The number of carbonyl (C=O) groups excluding carboxylic acids is 1. The third kappa shape index (κ3) is 6.03. The minimum atomic E-state index is -0.388. The maximum absolute atomic E-state index is 11.5. The lowest BCUT2D eigenvalue weighted by Crippen LogP contribution is -2.44. The molecule has 1 N–H and O–H groups in total. The highest BCUT2D eigenvalue weighted by Gasteiger charge is 2.19. The fourth-order valence-corrected chi connectivity index (χ4v) is 2.12. The Bertz CT molecular complexity index is 248. The molecule has 0 amide bonds. The predicted octanol–water partition coefficient (Wildman–Crippen LogP) is 1.40. The van der Waals surface area contributed by atoms with E-state index in [1.54, 1.807) is 0 Å². The maximum Gasteiger partial charge on any atom is 0.320 e. The Balaban J connectivity index is 2.16. The molecule has 17 heavy (non-hydrogen) atoms. The summed E-state index contributed by atoms with van der Waals surface area (Å²) >= 11 is 0. The molecule has 0 spiro atoms. The minimum absolute atomic E-state index is 0.170. The Hall–Kier alpha value is -0.610. The number of carbonyl (C=O) groups is 1. The predicted molar refractivity (Wildman–Crippen MR) is 69.0 cm³/mol. The molecule has 0 saturated carbocycles. The number of hydrogen-bond acceptors (Lipinski definition) is 4. The molecule has 4 nitrogen and oxygen atoms in total. The zero-order valence-electron chi connectivity index (χ0n) is 11.6. The van der Waals surface area contributed by atoms with E-state index in [-0.39, 0.29) is 11.6 Å². The Morgan fingerprint density at radius 3 is 2.71 bits per heavy atom. The molecule has 1 aliphatic heterocycles. The summed E-state index contributed by atoms with van der Waals surface area (Å²) < 4.78 is 5.24. The van der Waals surface area contributed by atoms with Crippen molar-refractivity contribution in [2.24, 2.45) is 0 Å². The molecule has 1 heterocycles. The highest BCUT2D eigenvalue weighted by atomic mass is 16.6. The van der Waals surface area contributed by atoms with Gasteiger partial charge >= 0.3 is 5.97 Å². The maximum atomic E-state index is 11.5. The number of rotatable bonds is 4. The van der Waals surface area contributed by atoms with Crippen LogP contribution in [-0.2, 0) is 9.53 Å². The smallest absolute Gasteiger partial charge is 0.320 e. The fraction of sp³-hybridized carbons (Fsp3) is 0.923. The molecule has 1 aliphatic rings. The highest BCUT2D eigenvalue weighted by Crippen LogP contribution is 2.13. The van der Waals surface area contributed by atoms with Gasteiger partial charge < -0.3 is 15.0 Å². The first-order chi connectivity index (χ1) is 7.88. The Labute approximate surface area is 105 Å². The highest BCUT2D eigenvalue weighted by molar-refractivity contribution is 5.72. The zero-order chi connectivity index (χ0) is 12.9. The van der Waals surface area contributed by atoms with E-state index in [0.29, 0.717) is 12.6 Å². The van der Waals surface area contributed by atoms with Crippen LogP contribution in [0, 0.1) is 0 Å². The summed E-state index contributed by atoms with van der Waals surface area (Å²) in [5.41, 5.74) is -0.388. The molecule has 0 aromatic heterocycles. The molecule has 4 heteroatoms. The van der Waals surface area contributed by atoms with Crippen molar-refractivity contribution < 1.29 is 9.53 Å². The molecule has 1 rings (SSSR count). The topological polar surface area (TPSA) is 41.6 Å². The summed E-state index contributed by atoms with van der Waals surface area (Å²) in [6.45, 7) is 8.01. The van der Waals surface area contributed by atoms with E-state index in [1.807, 2.05) is 20.8 Å². The molecule has 0 aromatic rings. The lowest BCUT2D eigenvalue weighted by molar-refractivity contribution is -0.153. The second-order valence-electron chi connectivity index (χ2n) is 5.85. The average Bonchev–Trinajstić information content (AvgIpc) is 2.18. The van der Waals surface area contributed by atoms with Crippen molar-refractivity contribution in [1.29, 1.82) is 0 Å². The Kier molecular flexibility index (Phi) is 5.40. The Morgan fingerprint density at radius 2 is 2.12 bits per heavy atom. The summed E-state index contributed by atoms with van der Waals surface area (Å²) in [7, 11) is 2.15. The van der Waals surface area contributed by atoms with E-state index < -0.39 is 0 Å². The fourth-order valence-electron chi connectivity index (χ4n) is 2.12. The third-order valence-corrected chi connectivity index (χ3v) is 2.99. The first kappa shape index (κ1) is 14.5. The van der Waals surface area contributed by atoms with Crippen LogP contribution in [0.5, 0.6) is 0 Å². The molecule has 0 bridgehead atoms. The van der Waals surface area contributed by atoms with E-state index in [2.05, 4.69) is 17.3 Å². The van der Waals surface area contributed by atoms with Gasteiger partial charge in [0.2, 0.25) is 0 Å². The van der Waals surface area contributed by atoms with Gasteiger partial charge in [0.25, 0.3) is 0 Å². The summed E-state index contributed by atoms with van der Waals surface area (Å²) in [4.78, 5) is 13.9. The summed E-state index contributed by atoms with van der Waals surface area (Å²) in [6.07, 6.45) is 3.81. The molecule has 0 radical (unpaired) electrons. The molecule has 1 saturated heterocycles. The number of nitrogens with one attached hydrogen (secondary N) is 1. The van der Waals surface area contributed by atoms with Gasteiger partial charge in [-0.3, -0.25) is 4.79 Å². The van der Waals surface area contributed by atoms with Crippen molar-refractivity contribution in [2.75, 3.05) is 26.7 Å². The van der Waals surface area contributed by atoms with Gasteiger partial charge in [0.05, 0.1) is 6.54 Å². The lowest BCUT2D eigenvalue weighted by Gasteiger charge is -2.32. The second-order valence-corrected chi connectivity index (χ2v) is 5.85. The summed E-state index contributed by atoms with van der Waals surface area (Å²) in [5.74, 6) is -0.170. The van der Waals surface area contributed by atoms with Crippen LogP contribution in [0.1, 0.15) is 40.0 Å². The van der Waals surface area contributed by atoms with Gasteiger partial charge in [0.15, 0.2) is 0 Å². The standard InChI is InChI=1S/C13H26N2O2/c1-13(2,3)17-12(16)10-14-9-11-7-5-6-8-15(11)4/h11,14H,5-10H2,1-4H3. The van der Waals surface area contributed by atoms with Gasteiger partial charge in [0.1, 0.15) is 5.60 Å². The molecule has 100 valence electrons. The molecule has 1 atom stereocenters. The number of esters is 1. The van der Waals surface area contributed by atoms with E-state index in [0.717, 1.165) is 6.54 Å². The van der Waals surface area contributed by atoms with E-state index in [4.69, 9.17) is 4.74 Å².